The molecular weight excluding hydrogens is 244 g/mol. The molecule has 0 aromatic carbocycles. The molecule has 18 heavy (non-hydrogen) atoms. The molecule has 102 valence electrons. The number of Topliss-reactive ketones (excluding diaryl/α,β-unsaturated/α-hetero) is 2. The van der Waals surface area contributed by atoms with Crippen LogP contribution in [0.4, 0.5) is 0 Å². The number of aliphatic hydroxyl groups is 2. The number of rotatable bonds is 3. The molecule has 0 saturated carbocycles. The van der Waals surface area contributed by atoms with E-state index in [1.165, 1.54) is 6.92 Å². The number of ether oxygens (including phenoxy) is 2. The quantitative estimate of drug-likeness (QED) is 0.622. The molecule has 0 amide bonds. The molecule has 1 heterocycles. The Morgan fingerprint density at radius 3 is 1.94 bits per heavy atom. The standard InChI is InChI=1S/C11H16O7/c1-5-9(17-8(4)14)10(15,6(2)12)11(16,18-5)7(3)13/h5,9,15-16H,1-4H3/t5-,9-,10-,11?/m1/s1. The molecule has 1 rings (SSSR count). The first-order valence-corrected chi connectivity index (χ1v) is 5.39. The fourth-order valence-corrected chi connectivity index (χ4v) is 2.10. The highest BCUT2D eigenvalue weighted by molar-refractivity contribution is 5.97. The zero-order valence-corrected chi connectivity index (χ0v) is 10.6. The zero-order chi connectivity index (χ0) is 14.3. The van der Waals surface area contributed by atoms with E-state index < -0.39 is 41.1 Å². The largest absolute Gasteiger partial charge is 0.456 e. The molecule has 1 aliphatic rings. The SMILES string of the molecule is CC(=O)O[C@@H]1[C@@H](C)OC(O)(C(C)=O)[C@@]1(O)C(C)=O. The predicted octanol–water partition coefficient (Wildman–Crippen LogP) is -1.07. The van der Waals surface area contributed by atoms with Crippen molar-refractivity contribution in [3.8, 4) is 0 Å². The monoisotopic (exact) mass is 260 g/mol. The summed E-state index contributed by atoms with van der Waals surface area (Å²) >= 11 is 0. The number of ketones is 2. The van der Waals surface area contributed by atoms with Gasteiger partial charge < -0.3 is 19.7 Å². The number of carbonyl (C=O) groups is 3. The lowest BCUT2D eigenvalue weighted by molar-refractivity contribution is -0.245. The van der Waals surface area contributed by atoms with E-state index in [-0.39, 0.29) is 0 Å². The molecule has 4 atom stereocenters. The molecule has 1 aliphatic heterocycles. The van der Waals surface area contributed by atoms with Crippen molar-refractivity contribution in [1.82, 2.24) is 0 Å². The van der Waals surface area contributed by atoms with Crippen LogP contribution >= 0.6 is 0 Å². The third-order valence-electron chi connectivity index (χ3n) is 3.02. The molecule has 0 aliphatic carbocycles. The van der Waals surface area contributed by atoms with Gasteiger partial charge >= 0.3 is 5.97 Å². The third-order valence-corrected chi connectivity index (χ3v) is 3.02. The average molecular weight is 260 g/mol. The highest BCUT2D eigenvalue weighted by Gasteiger charge is 2.71. The van der Waals surface area contributed by atoms with Crippen molar-refractivity contribution in [3.05, 3.63) is 0 Å². The number of esters is 1. The van der Waals surface area contributed by atoms with E-state index in [9.17, 15) is 24.6 Å². The molecule has 0 aromatic rings. The Kier molecular flexibility index (Phi) is 3.62. The van der Waals surface area contributed by atoms with E-state index >= 15 is 0 Å². The summed E-state index contributed by atoms with van der Waals surface area (Å²) in [6.45, 7) is 4.41. The minimum absolute atomic E-state index is 0.761. The van der Waals surface area contributed by atoms with E-state index in [4.69, 9.17) is 9.47 Å². The first-order chi connectivity index (χ1) is 8.07. The molecule has 0 spiro atoms. The molecule has 1 fully saturated rings. The van der Waals surface area contributed by atoms with E-state index in [0.717, 1.165) is 20.8 Å². The minimum atomic E-state index is -2.71. The first kappa shape index (κ1) is 14.7. The van der Waals surface area contributed by atoms with Gasteiger partial charge in [-0.25, -0.2) is 0 Å². The van der Waals surface area contributed by atoms with E-state index in [1.807, 2.05) is 0 Å². The van der Waals surface area contributed by atoms with Gasteiger partial charge in [0.1, 0.15) is 0 Å². The summed E-state index contributed by atoms with van der Waals surface area (Å²) in [4.78, 5) is 34.0. The highest BCUT2D eigenvalue weighted by atomic mass is 16.7. The Bertz CT molecular complexity index is 404. The van der Waals surface area contributed by atoms with Crippen molar-refractivity contribution in [1.29, 1.82) is 0 Å². The van der Waals surface area contributed by atoms with Gasteiger partial charge in [0.2, 0.25) is 5.60 Å². The lowest BCUT2D eigenvalue weighted by Crippen LogP contribution is -2.65. The highest BCUT2D eigenvalue weighted by Crippen LogP contribution is 2.41. The summed E-state index contributed by atoms with van der Waals surface area (Å²) in [5, 5.41) is 20.4. The van der Waals surface area contributed by atoms with Crippen LogP contribution < -0.4 is 0 Å². The van der Waals surface area contributed by atoms with Crippen molar-refractivity contribution in [2.24, 2.45) is 0 Å². The minimum Gasteiger partial charge on any atom is -0.456 e. The van der Waals surface area contributed by atoms with Gasteiger partial charge in [0.15, 0.2) is 17.7 Å². The molecule has 7 heteroatoms. The van der Waals surface area contributed by atoms with Gasteiger partial charge in [-0.2, -0.15) is 0 Å². The normalized spacial score (nSPS) is 39.4. The van der Waals surface area contributed by atoms with Crippen LogP contribution in [-0.2, 0) is 23.9 Å². The second-order valence-corrected chi connectivity index (χ2v) is 4.38. The van der Waals surface area contributed by atoms with Crippen LogP contribution in [-0.4, -0.2) is 51.3 Å². The average Bonchev–Trinajstić information content (AvgIpc) is 2.40. The van der Waals surface area contributed by atoms with Crippen molar-refractivity contribution in [2.45, 2.75) is 51.3 Å². The van der Waals surface area contributed by atoms with E-state index in [2.05, 4.69) is 0 Å². The molecular formula is C11H16O7. The summed E-state index contributed by atoms with van der Waals surface area (Å²) in [7, 11) is 0. The Hall–Kier alpha value is -1.31. The maximum absolute atomic E-state index is 11.6. The van der Waals surface area contributed by atoms with Crippen molar-refractivity contribution < 1.29 is 34.1 Å². The first-order valence-electron chi connectivity index (χ1n) is 5.39. The Morgan fingerprint density at radius 1 is 1.11 bits per heavy atom. The van der Waals surface area contributed by atoms with Gasteiger partial charge in [-0.3, -0.25) is 14.4 Å². The predicted molar refractivity (Wildman–Crippen MR) is 57.4 cm³/mol. The van der Waals surface area contributed by atoms with Crippen LogP contribution in [0.5, 0.6) is 0 Å². The van der Waals surface area contributed by atoms with Crippen molar-refractivity contribution in [2.75, 3.05) is 0 Å². The summed E-state index contributed by atoms with van der Waals surface area (Å²) in [6.07, 6.45) is -2.45. The van der Waals surface area contributed by atoms with E-state index in [1.54, 1.807) is 0 Å². The zero-order valence-electron chi connectivity index (χ0n) is 10.6. The maximum Gasteiger partial charge on any atom is 0.303 e. The van der Waals surface area contributed by atoms with Gasteiger partial charge in [-0.05, 0) is 13.8 Å². The Labute approximate surface area is 104 Å². The van der Waals surface area contributed by atoms with Gasteiger partial charge in [-0.15, -0.1) is 0 Å². The topological polar surface area (TPSA) is 110 Å². The molecule has 0 radical (unpaired) electrons. The summed E-state index contributed by atoms with van der Waals surface area (Å²) < 4.78 is 9.76. The molecule has 1 unspecified atom stereocenters. The lowest BCUT2D eigenvalue weighted by Gasteiger charge is -2.34. The lowest BCUT2D eigenvalue weighted by atomic mass is 9.82. The van der Waals surface area contributed by atoms with Crippen LogP contribution in [0.25, 0.3) is 0 Å². The molecule has 0 bridgehead atoms. The Morgan fingerprint density at radius 2 is 1.61 bits per heavy atom. The van der Waals surface area contributed by atoms with Crippen LogP contribution in [0.3, 0.4) is 0 Å². The fourth-order valence-electron chi connectivity index (χ4n) is 2.10. The third kappa shape index (κ3) is 1.84. The van der Waals surface area contributed by atoms with Gasteiger partial charge in [0.05, 0.1) is 6.10 Å². The van der Waals surface area contributed by atoms with Crippen molar-refractivity contribution >= 4 is 17.5 Å². The van der Waals surface area contributed by atoms with E-state index in [0.29, 0.717) is 0 Å². The van der Waals surface area contributed by atoms with Crippen LogP contribution in [0.15, 0.2) is 0 Å². The molecule has 7 nitrogen and oxygen atoms in total. The summed E-state index contributed by atoms with van der Waals surface area (Å²) in [6, 6.07) is 0. The number of hydrogen-bond donors (Lipinski definition) is 2. The molecule has 0 aromatic heterocycles. The van der Waals surface area contributed by atoms with Crippen LogP contribution in [0.1, 0.15) is 27.7 Å². The second-order valence-electron chi connectivity index (χ2n) is 4.38. The van der Waals surface area contributed by atoms with Gasteiger partial charge in [0, 0.05) is 13.8 Å². The summed E-state index contributed by atoms with van der Waals surface area (Å²) in [5.74, 6) is -5.33. The number of carbonyl (C=O) groups excluding carboxylic acids is 3. The van der Waals surface area contributed by atoms with Crippen LogP contribution in [0, 0.1) is 0 Å². The smallest absolute Gasteiger partial charge is 0.303 e. The number of hydrogen-bond acceptors (Lipinski definition) is 7. The van der Waals surface area contributed by atoms with Gasteiger partial charge in [0.25, 0.3) is 5.79 Å². The fraction of sp³-hybridized carbons (Fsp3) is 0.727. The van der Waals surface area contributed by atoms with Gasteiger partial charge in [-0.1, -0.05) is 0 Å². The van der Waals surface area contributed by atoms with Crippen molar-refractivity contribution in [3.63, 3.8) is 0 Å². The molecule has 2 N–H and O–H groups in total. The summed E-state index contributed by atoms with van der Waals surface area (Å²) in [5.41, 5.74) is -2.61. The van der Waals surface area contributed by atoms with Crippen LogP contribution in [0.2, 0.25) is 0 Å². The Balaban J connectivity index is 3.32. The maximum atomic E-state index is 11.6. The second kappa shape index (κ2) is 4.42. The molecule has 1 saturated heterocycles.